The Morgan fingerprint density at radius 2 is 2.08 bits per heavy atom. The third-order valence-electron chi connectivity index (χ3n) is 1.79. The second-order valence-corrected chi connectivity index (χ2v) is 3.39. The number of hydrogen-bond donors (Lipinski definition) is 1. The van der Waals surface area contributed by atoms with Crippen LogP contribution in [0.3, 0.4) is 0 Å². The number of aliphatic hydroxyl groups excluding tert-OH is 1. The molecule has 0 saturated heterocycles. The Bertz CT molecular complexity index is 245. The molecule has 0 heterocycles. The molecular formula is C10H13ClO. The maximum absolute atomic E-state index is 9.06. The van der Waals surface area contributed by atoms with Crippen LogP contribution in [0, 0.1) is 0 Å². The summed E-state index contributed by atoms with van der Waals surface area (Å²) >= 11 is 5.93. The van der Waals surface area contributed by atoms with E-state index >= 15 is 0 Å². The van der Waals surface area contributed by atoms with Gasteiger partial charge in [-0.3, -0.25) is 0 Å². The van der Waals surface area contributed by atoms with Crippen molar-refractivity contribution in [2.75, 3.05) is 0 Å². The Balaban J connectivity index is 2.57. The third-order valence-corrected chi connectivity index (χ3v) is 2.16. The molecule has 1 nitrogen and oxygen atoms in total. The molecule has 0 spiro atoms. The summed E-state index contributed by atoms with van der Waals surface area (Å²) in [7, 11) is 0. The molecule has 1 N–H and O–H groups in total. The quantitative estimate of drug-likeness (QED) is 0.766. The average Bonchev–Trinajstić information content (AvgIpc) is 2.03. The van der Waals surface area contributed by atoms with Crippen LogP contribution < -0.4 is 0 Å². The van der Waals surface area contributed by atoms with Gasteiger partial charge in [-0.05, 0) is 31.4 Å². The Morgan fingerprint density at radius 1 is 1.42 bits per heavy atom. The molecule has 1 unspecified atom stereocenters. The van der Waals surface area contributed by atoms with E-state index in [1.807, 2.05) is 24.3 Å². The van der Waals surface area contributed by atoms with Crippen molar-refractivity contribution in [3.05, 3.63) is 34.9 Å². The lowest BCUT2D eigenvalue weighted by atomic mass is 10.1. The Hall–Kier alpha value is -0.530. The number of halogens is 1. The second-order valence-electron chi connectivity index (χ2n) is 2.98. The summed E-state index contributed by atoms with van der Waals surface area (Å²) in [5.74, 6) is 0. The van der Waals surface area contributed by atoms with Crippen molar-refractivity contribution in [1.82, 2.24) is 0 Å². The molecule has 1 rings (SSSR count). The second kappa shape index (κ2) is 4.48. The summed E-state index contributed by atoms with van der Waals surface area (Å²) in [6, 6.07) is 7.74. The molecule has 0 aromatic heterocycles. The number of hydrogen-bond acceptors (Lipinski definition) is 1. The van der Waals surface area contributed by atoms with E-state index in [1.165, 1.54) is 0 Å². The molecule has 0 aliphatic carbocycles. The van der Waals surface area contributed by atoms with E-state index in [0.29, 0.717) is 0 Å². The van der Waals surface area contributed by atoms with Gasteiger partial charge in [-0.25, -0.2) is 0 Å². The van der Waals surface area contributed by atoms with Crippen LogP contribution in [0.25, 0.3) is 0 Å². The van der Waals surface area contributed by atoms with Crippen LogP contribution in [-0.2, 0) is 6.42 Å². The summed E-state index contributed by atoms with van der Waals surface area (Å²) in [6.45, 7) is 1.79. The van der Waals surface area contributed by atoms with Crippen molar-refractivity contribution < 1.29 is 5.11 Å². The van der Waals surface area contributed by atoms with E-state index in [1.54, 1.807) is 6.92 Å². The Kier molecular flexibility index (Phi) is 3.57. The van der Waals surface area contributed by atoms with Gasteiger partial charge in [0.2, 0.25) is 0 Å². The average molecular weight is 185 g/mol. The zero-order valence-corrected chi connectivity index (χ0v) is 7.88. The molecule has 66 valence electrons. The number of aliphatic hydroxyl groups is 1. The molecule has 0 amide bonds. The van der Waals surface area contributed by atoms with Gasteiger partial charge in [0, 0.05) is 5.02 Å². The van der Waals surface area contributed by atoms with Gasteiger partial charge in [-0.2, -0.15) is 0 Å². The first kappa shape index (κ1) is 9.56. The first-order valence-corrected chi connectivity index (χ1v) is 4.49. The number of aryl methyl sites for hydroxylation is 1. The highest BCUT2D eigenvalue weighted by Gasteiger charge is 2.00. The minimum absolute atomic E-state index is 0.249. The first-order chi connectivity index (χ1) is 5.70. The normalized spacial score (nSPS) is 12.9. The summed E-state index contributed by atoms with van der Waals surface area (Å²) in [5.41, 5.74) is 1.11. The third kappa shape index (κ3) is 2.84. The fourth-order valence-corrected chi connectivity index (χ4v) is 1.30. The molecule has 0 saturated carbocycles. The summed E-state index contributed by atoms with van der Waals surface area (Å²) in [5, 5.41) is 9.85. The fourth-order valence-electron chi connectivity index (χ4n) is 1.07. The van der Waals surface area contributed by atoms with Gasteiger partial charge in [0.05, 0.1) is 6.10 Å². The van der Waals surface area contributed by atoms with Gasteiger partial charge in [-0.1, -0.05) is 29.8 Å². The van der Waals surface area contributed by atoms with Crippen molar-refractivity contribution in [2.24, 2.45) is 0 Å². The van der Waals surface area contributed by atoms with Crippen LogP contribution in [-0.4, -0.2) is 11.2 Å². The van der Waals surface area contributed by atoms with Crippen LogP contribution in [0.15, 0.2) is 24.3 Å². The van der Waals surface area contributed by atoms with Crippen molar-refractivity contribution >= 4 is 11.6 Å². The molecule has 0 aliphatic rings. The molecular weight excluding hydrogens is 172 g/mol. The van der Waals surface area contributed by atoms with Crippen LogP contribution in [0.2, 0.25) is 5.02 Å². The zero-order chi connectivity index (χ0) is 8.97. The first-order valence-electron chi connectivity index (χ1n) is 4.11. The van der Waals surface area contributed by atoms with Gasteiger partial charge >= 0.3 is 0 Å². The zero-order valence-electron chi connectivity index (χ0n) is 7.13. The van der Waals surface area contributed by atoms with Crippen molar-refractivity contribution in [3.8, 4) is 0 Å². The lowest BCUT2D eigenvalue weighted by molar-refractivity contribution is 0.185. The molecule has 0 fully saturated rings. The van der Waals surface area contributed by atoms with Crippen LogP contribution in [0.4, 0.5) is 0 Å². The van der Waals surface area contributed by atoms with Gasteiger partial charge in [0.15, 0.2) is 0 Å². The predicted molar refractivity (Wildman–Crippen MR) is 51.5 cm³/mol. The largest absolute Gasteiger partial charge is 0.393 e. The predicted octanol–water partition coefficient (Wildman–Crippen LogP) is 2.65. The highest BCUT2D eigenvalue weighted by atomic mass is 35.5. The number of rotatable bonds is 3. The van der Waals surface area contributed by atoms with Crippen molar-refractivity contribution in [2.45, 2.75) is 25.9 Å². The molecule has 0 aliphatic heterocycles. The smallest absolute Gasteiger partial charge is 0.0515 e. The van der Waals surface area contributed by atoms with E-state index in [-0.39, 0.29) is 6.10 Å². The maximum Gasteiger partial charge on any atom is 0.0515 e. The SMILES string of the molecule is CC(O)CCc1ccccc1Cl. The standard InChI is InChI=1S/C10H13ClO/c1-8(12)6-7-9-4-2-3-5-10(9)11/h2-5,8,12H,6-7H2,1H3. The van der Waals surface area contributed by atoms with Gasteiger partial charge in [-0.15, -0.1) is 0 Å². The molecule has 0 bridgehead atoms. The van der Waals surface area contributed by atoms with Crippen molar-refractivity contribution in [3.63, 3.8) is 0 Å². The van der Waals surface area contributed by atoms with Crippen LogP contribution in [0.1, 0.15) is 18.9 Å². The topological polar surface area (TPSA) is 20.2 Å². The van der Waals surface area contributed by atoms with Gasteiger partial charge < -0.3 is 5.11 Å². The highest BCUT2D eigenvalue weighted by molar-refractivity contribution is 6.31. The molecule has 0 radical (unpaired) electrons. The Morgan fingerprint density at radius 3 is 2.67 bits per heavy atom. The molecule has 1 aromatic carbocycles. The fraction of sp³-hybridized carbons (Fsp3) is 0.400. The van der Waals surface area contributed by atoms with E-state index in [2.05, 4.69) is 0 Å². The van der Waals surface area contributed by atoms with Crippen molar-refractivity contribution in [1.29, 1.82) is 0 Å². The van der Waals surface area contributed by atoms with Gasteiger partial charge in [0.25, 0.3) is 0 Å². The van der Waals surface area contributed by atoms with E-state index < -0.39 is 0 Å². The summed E-state index contributed by atoms with van der Waals surface area (Å²) < 4.78 is 0. The lowest BCUT2D eigenvalue weighted by Gasteiger charge is -2.05. The maximum atomic E-state index is 9.06. The highest BCUT2D eigenvalue weighted by Crippen LogP contribution is 2.16. The van der Waals surface area contributed by atoms with E-state index in [9.17, 15) is 0 Å². The molecule has 1 atom stereocenters. The van der Waals surface area contributed by atoms with E-state index in [0.717, 1.165) is 23.4 Å². The summed E-state index contributed by atoms with van der Waals surface area (Å²) in [6.07, 6.45) is 1.36. The minimum atomic E-state index is -0.249. The Labute approximate surface area is 78.0 Å². The molecule has 12 heavy (non-hydrogen) atoms. The lowest BCUT2D eigenvalue weighted by Crippen LogP contribution is -2.01. The van der Waals surface area contributed by atoms with Crippen LogP contribution in [0.5, 0.6) is 0 Å². The van der Waals surface area contributed by atoms with Crippen LogP contribution >= 0.6 is 11.6 Å². The van der Waals surface area contributed by atoms with E-state index in [4.69, 9.17) is 16.7 Å². The molecule has 2 heteroatoms. The summed E-state index contributed by atoms with van der Waals surface area (Å²) in [4.78, 5) is 0. The number of benzene rings is 1. The van der Waals surface area contributed by atoms with Gasteiger partial charge in [0.1, 0.15) is 0 Å². The molecule has 1 aromatic rings. The minimum Gasteiger partial charge on any atom is -0.393 e. The monoisotopic (exact) mass is 184 g/mol.